The molecule has 18 heavy (non-hydrogen) atoms. The number of nitrogens with two attached hydrogens (primary N) is 1. The number of aromatic nitrogens is 2. The van der Waals surface area contributed by atoms with Crippen LogP contribution in [-0.4, -0.2) is 39.0 Å². The van der Waals surface area contributed by atoms with Gasteiger partial charge in [-0.3, -0.25) is 9.58 Å². The van der Waals surface area contributed by atoms with Crippen molar-refractivity contribution in [2.24, 2.45) is 5.84 Å². The van der Waals surface area contributed by atoms with Crippen LogP contribution in [0.5, 0.6) is 0 Å². The Morgan fingerprint density at radius 1 is 1.67 bits per heavy atom. The van der Waals surface area contributed by atoms with Crippen molar-refractivity contribution in [3.05, 3.63) is 22.2 Å². The maximum absolute atomic E-state index is 11.9. The third-order valence-electron chi connectivity index (χ3n) is 3.09. The van der Waals surface area contributed by atoms with Gasteiger partial charge >= 0.3 is 5.69 Å². The summed E-state index contributed by atoms with van der Waals surface area (Å²) in [5.41, 5.74) is 0.328. The number of aliphatic hydroxyl groups is 1. The molecular weight excluding hydrogens is 256 g/mol. The van der Waals surface area contributed by atoms with Crippen molar-refractivity contribution in [1.29, 1.82) is 0 Å². The number of thioether (sulfide) groups is 1. The first-order valence-corrected chi connectivity index (χ1v) is 6.76. The van der Waals surface area contributed by atoms with Crippen LogP contribution in [0.3, 0.4) is 0 Å². The number of nitrogens with zero attached hydrogens (tertiary/aromatic N) is 3. The van der Waals surface area contributed by atoms with E-state index in [1.165, 1.54) is 21.3 Å². The minimum Gasteiger partial charge on any atom is -0.393 e. The highest BCUT2D eigenvalue weighted by Gasteiger charge is 2.29. The van der Waals surface area contributed by atoms with Crippen molar-refractivity contribution in [2.75, 3.05) is 23.9 Å². The van der Waals surface area contributed by atoms with Crippen LogP contribution in [0, 0.1) is 0 Å². The van der Waals surface area contributed by atoms with E-state index >= 15 is 0 Å². The molecule has 3 N–H and O–H groups in total. The second-order valence-corrected chi connectivity index (χ2v) is 5.45. The van der Waals surface area contributed by atoms with Crippen molar-refractivity contribution in [1.82, 2.24) is 9.55 Å². The lowest BCUT2D eigenvalue weighted by Crippen LogP contribution is -2.33. The number of anilines is 1. The average molecular weight is 270 g/mol. The molecule has 7 nitrogen and oxygen atoms in total. The van der Waals surface area contributed by atoms with Crippen molar-refractivity contribution in [3.63, 3.8) is 0 Å². The molecule has 0 spiro atoms. The van der Waals surface area contributed by atoms with Crippen LogP contribution >= 0.6 is 11.8 Å². The van der Waals surface area contributed by atoms with Crippen LogP contribution in [-0.2, 0) is 11.2 Å². The van der Waals surface area contributed by atoms with Gasteiger partial charge in [0.25, 0.3) is 0 Å². The Bertz CT molecular complexity index is 520. The maximum Gasteiger partial charge on any atom is 0.351 e. The van der Waals surface area contributed by atoms with Crippen LogP contribution in [0.25, 0.3) is 0 Å². The van der Waals surface area contributed by atoms with E-state index in [4.69, 9.17) is 15.7 Å². The van der Waals surface area contributed by atoms with Crippen LogP contribution < -0.4 is 16.5 Å². The minimum atomic E-state index is -0.365. The number of fused-ring (bicyclic) bond motifs is 1. The molecule has 2 aliphatic rings. The van der Waals surface area contributed by atoms with Crippen molar-refractivity contribution >= 4 is 17.6 Å². The van der Waals surface area contributed by atoms with E-state index in [0.29, 0.717) is 18.1 Å². The van der Waals surface area contributed by atoms with Gasteiger partial charge in [0.15, 0.2) is 5.82 Å². The molecule has 1 unspecified atom stereocenters. The molecule has 3 rings (SSSR count). The number of aliphatic hydroxyl groups excluding tert-OH is 1. The molecule has 1 aromatic rings. The number of ether oxygens (including phenoxy) is 1. The molecule has 0 saturated carbocycles. The normalized spacial score (nSPS) is 26.7. The summed E-state index contributed by atoms with van der Waals surface area (Å²) in [4.78, 5) is 15.9. The van der Waals surface area contributed by atoms with E-state index in [2.05, 4.69) is 4.98 Å². The van der Waals surface area contributed by atoms with Gasteiger partial charge in [-0.25, -0.2) is 10.6 Å². The van der Waals surface area contributed by atoms with Crippen LogP contribution in [0.1, 0.15) is 11.8 Å². The fourth-order valence-electron chi connectivity index (χ4n) is 2.16. The van der Waals surface area contributed by atoms with E-state index in [1.54, 1.807) is 6.20 Å². The first-order chi connectivity index (χ1) is 8.69. The fraction of sp³-hybridized carbons (Fsp3) is 0.600. The predicted molar refractivity (Wildman–Crippen MR) is 67.2 cm³/mol. The van der Waals surface area contributed by atoms with Crippen molar-refractivity contribution in [3.8, 4) is 0 Å². The Kier molecular flexibility index (Phi) is 3.02. The molecule has 98 valence electrons. The molecule has 8 heteroatoms. The zero-order chi connectivity index (χ0) is 12.7. The van der Waals surface area contributed by atoms with Gasteiger partial charge in [0, 0.05) is 24.1 Å². The SMILES string of the molecule is NN1CCc2cn(C3CS[C@@H](CO)O3)c(=O)nc21. The Morgan fingerprint density at radius 2 is 2.50 bits per heavy atom. The highest BCUT2D eigenvalue weighted by molar-refractivity contribution is 8.00. The fourth-order valence-corrected chi connectivity index (χ4v) is 3.09. The topological polar surface area (TPSA) is 93.6 Å². The smallest absolute Gasteiger partial charge is 0.351 e. The van der Waals surface area contributed by atoms with Gasteiger partial charge in [-0.05, 0) is 6.42 Å². The molecule has 1 saturated heterocycles. The molecule has 1 fully saturated rings. The first-order valence-electron chi connectivity index (χ1n) is 5.71. The zero-order valence-corrected chi connectivity index (χ0v) is 10.5. The van der Waals surface area contributed by atoms with Gasteiger partial charge in [-0.15, -0.1) is 11.8 Å². The van der Waals surface area contributed by atoms with Gasteiger partial charge in [0.1, 0.15) is 11.7 Å². The Morgan fingerprint density at radius 3 is 3.22 bits per heavy atom. The Hall–Kier alpha value is -1.09. The zero-order valence-electron chi connectivity index (χ0n) is 9.65. The highest BCUT2D eigenvalue weighted by atomic mass is 32.2. The van der Waals surface area contributed by atoms with Crippen LogP contribution in [0.2, 0.25) is 0 Å². The number of rotatable bonds is 2. The third kappa shape index (κ3) is 1.91. The first kappa shape index (κ1) is 12.0. The standard InChI is InChI=1S/C10H14N4O3S/c11-14-2-1-6-3-13(10(16)12-9(6)14)7-5-18-8(4-15)17-7/h3,7-8,15H,1-2,4-5,11H2/t7?,8-/m0/s1. The summed E-state index contributed by atoms with van der Waals surface area (Å²) in [6.07, 6.45) is 2.19. The summed E-state index contributed by atoms with van der Waals surface area (Å²) < 4.78 is 7.04. The summed E-state index contributed by atoms with van der Waals surface area (Å²) in [7, 11) is 0. The maximum atomic E-state index is 11.9. The molecule has 2 atom stereocenters. The van der Waals surface area contributed by atoms with E-state index in [0.717, 1.165) is 12.0 Å². The van der Waals surface area contributed by atoms with E-state index in [1.807, 2.05) is 0 Å². The molecule has 0 aliphatic carbocycles. The summed E-state index contributed by atoms with van der Waals surface area (Å²) in [6.45, 7) is 0.621. The third-order valence-corrected chi connectivity index (χ3v) is 4.20. The lowest BCUT2D eigenvalue weighted by molar-refractivity contribution is -0.00639. The van der Waals surface area contributed by atoms with Gasteiger partial charge < -0.3 is 9.84 Å². The van der Waals surface area contributed by atoms with E-state index in [9.17, 15) is 4.79 Å². The molecular formula is C10H14N4O3S. The molecule has 0 bridgehead atoms. The molecule has 1 aromatic heterocycles. The van der Waals surface area contributed by atoms with Gasteiger partial charge in [0.05, 0.1) is 6.61 Å². The second-order valence-electron chi connectivity index (χ2n) is 4.26. The van der Waals surface area contributed by atoms with Crippen molar-refractivity contribution < 1.29 is 9.84 Å². The van der Waals surface area contributed by atoms with Gasteiger partial charge in [0.2, 0.25) is 0 Å². The summed E-state index contributed by atoms with van der Waals surface area (Å²) in [5, 5.41) is 10.5. The summed E-state index contributed by atoms with van der Waals surface area (Å²) in [5.74, 6) is 6.91. The molecule has 3 heterocycles. The van der Waals surface area contributed by atoms with E-state index in [-0.39, 0.29) is 24.0 Å². The number of hydrogen-bond acceptors (Lipinski definition) is 7. The number of hydrogen-bond donors (Lipinski definition) is 2. The highest BCUT2D eigenvalue weighted by Crippen LogP contribution is 2.31. The Balaban J connectivity index is 1.92. The number of hydrazine groups is 1. The van der Waals surface area contributed by atoms with Crippen LogP contribution in [0.4, 0.5) is 5.82 Å². The minimum absolute atomic E-state index is 0.0507. The second kappa shape index (κ2) is 4.54. The molecule has 2 aliphatic heterocycles. The van der Waals surface area contributed by atoms with Gasteiger partial charge in [-0.2, -0.15) is 4.98 Å². The predicted octanol–water partition coefficient (Wildman–Crippen LogP) is -0.940. The molecule has 0 radical (unpaired) electrons. The summed E-state index contributed by atoms with van der Waals surface area (Å²) >= 11 is 1.49. The van der Waals surface area contributed by atoms with Crippen molar-refractivity contribution in [2.45, 2.75) is 18.1 Å². The largest absolute Gasteiger partial charge is 0.393 e. The lowest BCUT2D eigenvalue weighted by Gasteiger charge is -2.15. The van der Waals surface area contributed by atoms with E-state index < -0.39 is 0 Å². The van der Waals surface area contributed by atoms with Crippen LogP contribution in [0.15, 0.2) is 11.0 Å². The summed E-state index contributed by atoms with van der Waals surface area (Å²) in [6, 6.07) is 0. The molecule has 0 amide bonds. The monoisotopic (exact) mass is 270 g/mol. The lowest BCUT2D eigenvalue weighted by atomic mass is 10.3. The molecule has 0 aromatic carbocycles. The quantitative estimate of drug-likeness (QED) is 0.670. The Labute approximate surface area is 108 Å². The average Bonchev–Trinajstić information content (AvgIpc) is 2.96. The van der Waals surface area contributed by atoms with Gasteiger partial charge in [-0.1, -0.05) is 0 Å².